The minimum absolute atomic E-state index is 0.0515. The van der Waals surface area contributed by atoms with Gasteiger partial charge in [-0.15, -0.1) is 0 Å². The number of aryl methyl sites for hydroxylation is 1. The van der Waals surface area contributed by atoms with Gasteiger partial charge in [0.1, 0.15) is 0 Å². The highest BCUT2D eigenvalue weighted by Gasteiger charge is 2.34. The van der Waals surface area contributed by atoms with E-state index in [0.717, 1.165) is 36.0 Å². The van der Waals surface area contributed by atoms with Gasteiger partial charge < -0.3 is 10.6 Å². The second-order valence-corrected chi connectivity index (χ2v) is 7.32. The number of benzene rings is 2. The highest BCUT2D eigenvalue weighted by Crippen LogP contribution is 2.32. The lowest BCUT2D eigenvalue weighted by Crippen LogP contribution is -2.44. The fourth-order valence-corrected chi connectivity index (χ4v) is 4.36. The summed E-state index contributed by atoms with van der Waals surface area (Å²) in [4.78, 5) is 25.0. The maximum absolute atomic E-state index is 13.1. The molecule has 2 aliphatic carbocycles. The van der Waals surface area contributed by atoms with Gasteiger partial charge in [-0.2, -0.15) is 0 Å². The number of hydrogen-bond donors (Lipinski definition) is 2. The van der Waals surface area contributed by atoms with Crippen molar-refractivity contribution in [2.75, 3.05) is 0 Å². The topological polar surface area (TPSA) is 58.2 Å². The largest absolute Gasteiger partial charge is 0.347 e. The number of carbonyl (C=O) groups is 2. The Morgan fingerprint density at radius 2 is 1.74 bits per heavy atom. The lowest BCUT2D eigenvalue weighted by molar-refractivity contribution is -0.117. The smallest absolute Gasteiger partial charge is 0.251 e. The van der Waals surface area contributed by atoms with E-state index in [1.807, 2.05) is 30.3 Å². The van der Waals surface area contributed by atoms with Crippen LogP contribution in [0.2, 0.25) is 0 Å². The van der Waals surface area contributed by atoms with Gasteiger partial charge in [0.2, 0.25) is 5.91 Å². The Labute approximate surface area is 159 Å². The van der Waals surface area contributed by atoms with Crippen LogP contribution < -0.4 is 10.6 Å². The zero-order valence-corrected chi connectivity index (χ0v) is 15.3. The summed E-state index contributed by atoms with van der Waals surface area (Å²) in [6.45, 7) is 3.54. The molecule has 27 heavy (non-hydrogen) atoms. The van der Waals surface area contributed by atoms with Gasteiger partial charge >= 0.3 is 0 Å². The maximum Gasteiger partial charge on any atom is 0.251 e. The van der Waals surface area contributed by atoms with Crippen LogP contribution in [-0.4, -0.2) is 17.9 Å². The van der Waals surface area contributed by atoms with Crippen LogP contribution >= 0.6 is 0 Å². The predicted molar refractivity (Wildman–Crippen MR) is 106 cm³/mol. The molecule has 2 N–H and O–H groups in total. The third-order valence-corrected chi connectivity index (χ3v) is 5.67. The van der Waals surface area contributed by atoms with E-state index in [9.17, 15) is 9.59 Å². The third-order valence-electron chi connectivity index (χ3n) is 5.67. The van der Waals surface area contributed by atoms with Gasteiger partial charge in [-0.25, -0.2) is 0 Å². The Kier molecular flexibility index (Phi) is 4.80. The molecule has 0 radical (unpaired) electrons. The Morgan fingerprint density at radius 3 is 2.59 bits per heavy atom. The predicted octanol–water partition coefficient (Wildman–Crippen LogP) is 3.26. The highest BCUT2D eigenvalue weighted by molar-refractivity contribution is 5.96. The lowest BCUT2D eigenvalue weighted by atomic mass is 9.88. The molecule has 0 aliphatic heterocycles. The minimum Gasteiger partial charge on any atom is -0.347 e. The fraction of sp³-hybridized carbons (Fsp3) is 0.304. The van der Waals surface area contributed by atoms with E-state index < -0.39 is 0 Å². The number of rotatable bonds is 4. The van der Waals surface area contributed by atoms with Crippen LogP contribution in [0.3, 0.4) is 0 Å². The van der Waals surface area contributed by atoms with Crippen LogP contribution in [0.15, 0.2) is 55.1 Å². The van der Waals surface area contributed by atoms with Gasteiger partial charge in [0.25, 0.3) is 5.91 Å². The molecule has 2 atom stereocenters. The van der Waals surface area contributed by atoms with E-state index in [2.05, 4.69) is 29.3 Å². The Balaban J connectivity index is 1.59. The SMILES string of the molecule is C=CC(=O)N[C@@H]1c2ccccc2C[C@H]1NC(=O)c1cccc2c1CCCC2. The average Bonchev–Trinajstić information content (AvgIpc) is 3.04. The summed E-state index contributed by atoms with van der Waals surface area (Å²) in [6.07, 6.45) is 6.30. The van der Waals surface area contributed by atoms with Gasteiger partial charge in [-0.05, 0) is 66.5 Å². The molecule has 0 saturated heterocycles. The van der Waals surface area contributed by atoms with Crippen LogP contribution in [0.4, 0.5) is 0 Å². The van der Waals surface area contributed by atoms with Crippen molar-refractivity contribution < 1.29 is 9.59 Å². The number of amides is 2. The monoisotopic (exact) mass is 360 g/mol. The van der Waals surface area contributed by atoms with Crippen molar-refractivity contribution in [1.82, 2.24) is 10.6 Å². The third kappa shape index (κ3) is 3.39. The molecule has 2 aliphatic rings. The van der Waals surface area contributed by atoms with E-state index in [-0.39, 0.29) is 23.9 Å². The summed E-state index contributed by atoms with van der Waals surface area (Å²) >= 11 is 0. The Hall–Kier alpha value is -2.88. The Morgan fingerprint density at radius 1 is 0.963 bits per heavy atom. The average molecular weight is 360 g/mol. The van der Waals surface area contributed by atoms with Crippen molar-refractivity contribution in [3.05, 3.63) is 82.9 Å². The lowest BCUT2D eigenvalue weighted by Gasteiger charge is -2.24. The molecule has 0 heterocycles. The standard InChI is InChI=1S/C23H24N2O2/c1-2-21(26)25-22-18-12-6-4-9-16(18)14-20(22)24-23(27)19-13-7-10-15-8-3-5-11-17(15)19/h2,4,6-7,9-10,12-13,20,22H,1,3,5,8,11,14H2,(H,24,27)(H,25,26)/t20-,22-/m1/s1. The summed E-state index contributed by atoms with van der Waals surface area (Å²) in [5, 5.41) is 6.17. The number of fused-ring (bicyclic) bond motifs is 2. The Bertz CT molecular complexity index is 903. The molecule has 4 nitrogen and oxygen atoms in total. The van der Waals surface area contributed by atoms with Crippen LogP contribution in [0, 0.1) is 0 Å². The summed E-state index contributed by atoms with van der Waals surface area (Å²) in [5.74, 6) is -0.280. The molecule has 0 spiro atoms. The first-order chi connectivity index (χ1) is 13.2. The van der Waals surface area contributed by atoms with Gasteiger partial charge in [0.15, 0.2) is 0 Å². The summed E-state index contributed by atoms with van der Waals surface area (Å²) in [5.41, 5.74) is 5.47. The minimum atomic E-state index is -0.241. The first kappa shape index (κ1) is 17.5. The van der Waals surface area contributed by atoms with Crippen LogP contribution in [0.25, 0.3) is 0 Å². The van der Waals surface area contributed by atoms with Crippen LogP contribution in [0.5, 0.6) is 0 Å². The normalized spacial score (nSPS) is 20.3. The number of hydrogen-bond acceptors (Lipinski definition) is 2. The van der Waals surface area contributed by atoms with Gasteiger partial charge in [-0.1, -0.05) is 43.0 Å². The van der Waals surface area contributed by atoms with Crippen LogP contribution in [-0.2, 0) is 24.1 Å². The van der Waals surface area contributed by atoms with E-state index in [1.54, 1.807) is 0 Å². The van der Waals surface area contributed by atoms with Crippen molar-refractivity contribution in [3.8, 4) is 0 Å². The molecule has 2 amide bonds. The summed E-state index contributed by atoms with van der Waals surface area (Å²) in [7, 11) is 0. The quantitative estimate of drug-likeness (QED) is 0.822. The molecule has 0 fully saturated rings. The molecule has 0 bridgehead atoms. The molecular formula is C23H24N2O2. The molecule has 138 valence electrons. The molecule has 4 rings (SSSR count). The first-order valence-corrected chi connectivity index (χ1v) is 9.59. The molecule has 0 aromatic heterocycles. The van der Waals surface area contributed by atoms with E-state index in [1.165, 1.54) is 23.6 Å². The van der Waals surface area contributed by atoms with Crippen molar-refractivity contribution in [2.24, 2.45) is 0 Å². The van der Waals surface area contributed by atoms with E-state index in [0.29, 0.717) is 6.42 Å². The summed E-state index contributed by atoms with van der Waals surface area (Å²) in [6, 6.07) is 13.6. The number of carbonyl (C=O) groups excluding carboxylic acids is 2. The zero-order valence-electron chi connectivity index (χ0n) is 15.3. The van der Waals surface area contributed by atoms with Gasteiger partial charge in [0, 0.05) is 5.56 Å². The van der Waals surface area contributed by atoms with Crippen molar-refractivity contribution in [2.45, 2.75) is 44.2 Å². The first-order valence-electron chi connectivity index (χ1n) is 9.59. The maximum atomic E-state index is 13.1. The van der Waals surface area contributed by atoms with E-state index in [4.69, 9.17) is 0 Å². The van der Waals surface area contributed by atoms with Crippen molar-refractivity contribution in [3.63, 3.8) is 0 Å². The zero-order chi connectivity index (χ0) is 18.8. The highest BCUT2D eigenvalue weighted by atomic mass is 16.2. The van der Waals surface area contributed by atoms with Gasteiger partial charge in [0.05, 0.1) is 12.1 Å². The fourth-order valence-electron chi connectivity index (χ4n) is 4.36. The second kappa shape index (κ2) is 7.39. The molecular weight excluding hydrogens is 336 g/mol. The molecule has 0 unspecified atom stereocenters. The van der Waals surface area contributed by atoms with Crippen LogP contribution in [0.1, 0.15) is 51.5 Å². The summed E-state index contributed by atoms with van der Waals surface area (Å²) < 4.78 is 0. The van der Waals surface area contributed by atoms with Gasteiger partial charge in [-0.3, -0.25) is 9.59 Å². The second-order valence-electron chi connectivity index (χ2n) is 7.32. The van der Waals surface area contributed by atoms with Crippen molar-refractivity contribution in [1.29, 1.82) is 0 Å². The molecule has 2 aromatic rings. The number of nitrogens with one attached hydrogen (secondary N) is 2. The molecule has 2 aromatic carbocycles. The molecule has 4 heteroatoms. The van der Waals surface area contributed by atoms with Crippen molar-refractivity contribution >= 4 is 11.8 Å². The molecule has 0 saturated carbocycles. The van der Waals surface area contributed by atoms with E-state index >= 15 is 0 Å².